The van der Waals surface area contributed by atoms with E-state index >= 15 is 0 Å². The highest BCUT2D eigenvalue weighted by Crippen LogP contribution is 2.28. The number of nitrogens with one attached hydrogen (secondary N) is 1. The molecule has 1 aromatic heterocycles. The van der Waals surface area contributed by atoms with Gasteiger partial charge in [-0.2, -0.15) is 0 Å². The van der Waals surface area contributed by atoms with Crippen LogP contribution in [0.4, 0.5) is 0 Å². The number of halogens is 1. The lowest BCUT2D eigenvalue weighted by atomic mass is 10.1. The van der Waals surface area contributed by atoms with Gasteiger partial charge in [-0.1, -0.05) is 12.2 Å². The SMILES string of the molecule is CC(N[C@@H]1C=C[C@H](CO)C1)c1ccc(Br)s1. The van der Waals surface area contributed by atoms with Crippen LogP contribution in [0.1, 0.15) is 24.3 Å². The van der Waals surface area contributed by atoms with Crippen molar-refractivity contribution in [3.63, 3.8) is 0 Å². The van der Waals surface area contributed by atoms with Crippen molar-refractivity contribution in [2.45, 2.75) is 25.4 Å². The summed E-state index contributed by atoms with van der Waals surface area (Å²) in [4.78, 5) is 1.34. The van der Waals surface area contributed by atoms with E-state index in [0.29, 0.717) is 18.0 Å². The van der Waals surface area contributed by atoms with Crippen LogP contribution in [0.25, 0.3) is 0 Å². The summed E-state index contributed by atoms with van der Waals surface area (Å²) in [6.45, 7) is 2.44. The highest BCUT2D eigenvalue weighted by molar-refractivity contribution is 9.11. The third-order valence-electron chi connectivity index (χ3n) is 2.89. The molecule has 0 fully saturated rings. The molecule has 0 saturated carbocycles. The minimum atomic E-state index is 0.258. The minimum absolute atomic E-state index is 0.258. The zero-order valence-corrected chi connectivity index (χ0v) is 11.6. The van der Waals surface area contributed by atoms with Crippen LogP contribution in [0.2, 0.25) is 0 Å². The van der Waals surface area contributed by atoms with E-state index in [1.54, 1.807) is 11.3 Å². The number of hydrogen-bond acceptors (Lipinski definition) is 3. The van der Waals surface area contributed by atoms with E-state index in [1.807, 2.05) is 0 Å². The second-order valence-electron chi connectivity index (χ2n) is 4.20. The molecule has 2 rings (SSSR count). The zero-order chi connectivity index (χ0) is 11.5. The van der Waals surface area contributed by atoms with Gasteiger partial charge >= 0.3 is 0 Å². The Labute approximate surface area is 109 Å². The van der Waals surface area contributed by atoms with Gasteiger partial charge in [0.25, 0.3) is 0 Å². The fraction of sp³-hybridized carbons (Fsp3) is 0.500. The molecule has 1 heterocycles. The minimum Gasteiger partial charge on any atom is -0.396 e. The van der Waals surface area contributed by atoms with Crippen molar-refractivity contribution in [3.8, 4) is 0 Å². The molecule has 1 aromatic rings. The van der Waals surface area contributed by atoms with Crippen molar-refractivity contribution in [2.75, 3.05) is 6.61 Å². The number of rotatable bonds is 4. The van der Waals surface area contributed by atoms with E-state index in [2.05, 4.69) is 52.5 Å². The predicted octanol–water partition coefficient (Wildman–Crippen LogP) is 3.10. The summed E-state index contributed by atoms with van der Waals surface area (Å²) < 4.78 is 1.17. The maximum Gasteiger partial charge on any atom is 0.0701 e. The number of aliphatic hydroxyl groups excluding tert-OH is 1. The molecular formula is C12H16BrNOS. The van der Waals surface area contributed by atoms with Gasteiger partial charge in [-0.15, -0.1) is 11.3 Å². The lowest BCUT2D eigenvalue weighted by Gasteiger charge is -2.18. The highest BCUT2D eigenvalue weighted by Gasteiger charge is 2.20. The van der Waals surface area contributed by atoms with Crippen LogP contribution in [-0.2, 0) is 0 Å². The first kappa shape index (κ1) is 12.3. The van der Waals surface area contributed by atoms with Crippen LogP contribution in [0.5, 0.6) is 0 Å². The molecule has 0 aromatic carbocycles. The van der Waals surface area contributed by atoms with E-state index in [-0.39, 0.29) is 6.61 Å². The summed E-state index contributed by atoms with van der Waals surface area (Å²) in [7, 11) is 0. The lowest BCUT2D eigenvalue weighted by Crippen LogP contribution is -2.28. The van der Waals surface area contributed by atoms with Gasteiger partial charge in [0.2, 0.25) is 0 Å². The highest BCUT2D eigenvalue weighted by atomic mass is 79.9. The van der Waals surface area contributed by atoms with Gasteiger partial charge in [-0.25, -0.2) is 0 Å². The van der Waals surface area contributed by atoms with Crippen molar-refractivity contribution >= 4 is 27.3 Å². The fourth-order valence-electron chi connectivity index (χ4n) is 2.00. The molecule has 0 amide bonds. The van der Waals surface area contributed by atoms with E-state index in [0.717, 1.165) is 6.42 Å². The summed E-state index contributed by atoms with van der Waals surface area (Å²) in [6.07, 6.45) is 5.28. The molecule has 0 radical (unpaired) electrons. The number of aliphatic hydroxyl groups is 1. The van der Waals surface area contributed by atoms with Gasteiger partial charge in [-0.05, 0) is 41.4 Å². The van der Waals surface area contributed by atoms with Crippen molar-refractivity contribution in [3.05, 3.63) is 32.9 Å². The lowest BCUT2D eigenvalue weighted by molar-refractivity contribution is 0.245. The summed E-state index contributed by atoms with van der Waals surface area (Å²) in [5, 5.41) is 12.6. The van der Waals surface area contributed by atoms with Crippen LogP contribution in [0.3, 0.4) is 0 Å². The van der Waals surface area contributed by atoms with Crippen molar-refractivity contribution in [2.24, 2.45) is 5.92 Å². The van der Waals surface area contributed by atoms with Gasteiger partial charge in [-0.3, -0.25) is 0 Å². The van der Waals surface area contributed by atoms with Gasteiger partial charge in [0.1, 0.15) is 0 Å². The standard InChI is InChI=1S/C12H16BrNOS/c1-8(11-4-5-12(13)16-11)14-10-3-2-9(6-10)7-15/h2-5,8-10,14-15H,6-7H2,1H3/t8?,9-,10+/m0/s1. The Morgan fingerprint density at radius 3 is 2.94 bits per heavy atom. The summed E-state index contributed by atoms with van der Waals surface area (Å²) in [5.74, 6) is 0.333. The van der Waals surface area contributed by atoms with Crippen molar-refractivity contribution in [1.29, 1.82) is 0 Å². The Morgan fingerprint density at radius 2 is 2.38 bits per heavy atom. The van der Waals surface area contributed by atoms with Crippen LogP contribution in [-0.4, -0.2) is 17.8 Å². The first-order chi connectivity index (χ1) is 7.69. The predicted molar refractivity (Wildman–Crippen MR) is 71.7 cm³/mol. The van der Waals surface area contributed by atoms with Gasteiger partial charge < -0.3 is 10.4 Å². The molecule has 2 N–H and O–H groups in total. The molecule has 0 spiro atoms. The third-order valence-corrected chi connectivity index (χ3v) is 4.70. The topological polar surface area (TPSA) is 32.3 Å². The average molecular weight is 302 g/mol. The maximum absolute atomic E-state index is 9.06. The third kappa shape index (κ3) is 2.94. The Kier molecular flexibility index (Phi) is 4.19. The first-order valence-corrected chi connectivity index (χ1v) is 7.10. The second kappa shape index (κ2) is 5.45. The summed E-state index contributed by atoms with van der Waals surface area (Å²) >= 11 is 5.24. The smallest absolute Gasteiger partial charge is 0.0701 e. The Hall–Kier alpha value is -0.160. The number of thiophene rings is 1. The van der Waals surface area contributed by atoms with E-state index in [1.165, 1.54) is 8.66 Å². The normalized spacial score (nSPS) is 26.2. The molecule has 88 valence electrons. The average Bonchev–Trinajstić information content (AvgIpc) is 2.87. The first-order valence-electron chi connectivity index (χ1n) is 5.49. The van der Waals surface area contributed by atoms with E-state index in [4.69, 9.17) is 5.11 Å². The molecule has 0 saturated heterocycles. The Balaban J connectivity index is 1.89. The monoisotopic (exact) mass is 301 g/mol. The van der Waals surface area contributed by atoms with E-state index in [9.17, 15) is 0 Å². The van der Waals surface area contributed by atoms with Gasteiger partial charge in [0.05, 0.1) is 3.79 Å². The maximum atomic E-state index is 9.06. The molecule has 1 unspecified atom stereocenters. The van der Waals surface area contributed by atoms with Gasteiger partial charge in [0, 0.05) is 29.5 Å². The number of hydrogen-bond donors (Lipinski definition) is 2. The molecule has 0 aliphatic heterocycles. The second-order valence-corrected chi connectivity index (χ2v) is 6.69. The molecule has 4 heteroatoms. The largest absolute Gasteiger partial charge is 0.396 e. The zero-order valence-electron chi connectivity index (χ0n) is 9.19. The van der Waals surface area contributed by atoms with E-state index < -0.39 is 0 Å². The Bertz CT molecular complexity index is 377. The van der Waals surface area contributed by atoms with Crippen molar-refractivity contribution in [1.82, 2.24) is 5.32 Å². The molecule has 1 aliphatic rings. The quantitative estimate of drug-likeness (QED) is 0.838. The van der Waals surface area contributed by atoms with Gasteiger partial charge in [0.15, 0.2) is 0 Å². The molecular weight excluding hydrogens is 286 g/mol. The molecule has 16 heavy (non-hydrogen) atoms. The molecule has 3 atom stereocenters. The molecule has 0 bridgehead atoms. The van der Waals surface area contributed by atoms with Crippen LogP contribution < -0.4 is 5.32 Å². The Morgan fingerprint density at radius 1 is 1.56 bits per heavy atom. The van der Waals surface area contributed by atoms with Crippen molar-refractivity contribution < 1.29 is 5.11 Å². The molecule has 2 nitrogen and oxygen atoms in total. The van der Waals surface area contributed by atoms with Crippen LogP contribution in [0, 0.1) is 5.92 Å². The summed E-state index contributed by atoms with van der Waals surface area (Å²) in [5.41, 5.74) is 0. The molecule has 1 aliphatic carbocycles. The summed E-state index contributed by atoms with van der Waals surface area (Å²) in [6, 6.07) is 4.99. The van der Waals surface area contributed by atoms with Crippen LogP contribution >= 0.6 is 27.3 Å². The fourth-order valence-corrected chi connectivity index (χ4v) is 3.43. The van der Waals surface area contributed by atoms with Crippen LogP contribution in [0.15, 0.2) is 28.1 Å².